The maximum Gasteiger partial charge on any atom is 0.132 e. The summed E-state index contributed by atoms with van der Waals surface area (Å²) in [6.45, 7) is 0. The van der Waals surface area contributed by atoms with E-state index in [-0.39, 0.29) is 5.56 Å². The van der Waals surface area contributed by atoms with Crippen molar-refractivity contribution in [3.05, 3.63) is 41.0 Å². The van der Waals surface area contributed by atoms with Gasteiger partial charge in [0.25, 0.3) is 0 Å². The predicted octanol–water partition coefficient (Wildman–Crippen LogP) is 2.03. The molecular weight excluding hydrogens is 162 g/mol. The lowest BCUT2D eigenvalue weighted by Gasteiger charge is -2.04. The fraction of sp³-hybridized carbons (Fsp3) is 0.111. The van der Waals surface area contributed by atoms with Crippen LogP contribution < -0.4 is 0 Å². The molecule has 2 rings (SSSR count). The zero-order valence-corrected chi connectivity index (χ0v) is 6.09. The van der Waals surface area contributed by atoms with Gasteiger partial charge in [0.05, 0.1) is 0 Å². The van der Waals surface area contributed by atoms with Gasteiger partial charge in [-0.05, 0) is 11.6 Å². The smallest absolute Gasteiger partial charge is 0.132 e. The van der Waals surface area contributed by atoms with Crippen molar-refractivity contribution in [2.75, 3.05) is 0 Å². The third kappa shape index (κ3) is 0.940. The fourth-order valence-corrected chi connectivity index (χ4v) is 1.35. The minimum Gasteiger partial charge on any atom is -0.384 e. The Balaban J connectivity index is 2.66. The molecule has 0 saturated carbocycles. The van der Waals surface area contributed by atoms with Crippen molar-refractivity contribution in [2.24, 2.45) is 0 Å². The summed E-state index contributed by atoms with van der Waals surface area (Å²) in [5.74, 6) is -1.31. The molecule has 1 aliphatic rings. The summed E-state index contributed by atoms with van der Waals surface area (Å²) in [6.07, 6.45) is 2.00. The highest BCUT2D eigenvalue weighted by molar-refractivity contribution is 5.61. The quantitative estimate of drug-likeness (QED) is 0.628. The zero-order valence-electron chi connectivity index (χ0n) is 6.09. The molecule has 12 heavy (non-hydrogen) atoms. The molecule has 1 aliphatic carbocycles. The standard InChI is InChI=1S/C9H6F2O/c10-6-3-5-1-2-8(12)9(5)7(11)4-6/h1-4,8,12H. The lowest BCUT2D eigenvalue weighted by atomic mass is 10.1. The van der Waals surface area contributed by atoms with Crippen LogP contribution in [0.3, 0.4) is 0 Å². The van der Waals surface area contributed by atoms with Crippen LogP contribution in [0.2, 0.25) is 0 Å². The zero-order chi connectivity index (χ0) is 8.72. The highest BCUT2D eigenvalue weighted by Crippen LogP contribution is 2.30. The number of hydrogen-bond acceptors (Lipinski definition) is 1. The van der Waals surface area contributed by atoms with Gasteiger partial charge in [0.1, 0.15) is 17.7 Å². The molecule has 1 unspecified atom stereocenters. The van der Waals surface area contributed by atoms with Crippen molar-refractivity contribution >= 4 is 6.08 Å². The van der Waals surface area contributed by atoms with Gasteiger partial charge < -0.3 is 5.11 Å². The van der Waals surface area contributed by atoms with Crippen molar-refractivity contribution in [3.63, 3.8) is 0 Å². The second kappa shape index (κ2) is 2.38. The molecule has 0 aromatic heterocycles. The van der Waals surface area contributed by atoms with E-state index >= 15 is 0 Å². The molecule has 1 aromatic rings. The van der Waals surface area contributed by atoms with Gasteiger partial charge in [-0.3, -0.25) is 0 Å². The number of hydrogen-bond donors (Lipinski definition) is 1. The van der Waals surface area contributed by atoms with Gasteiger partial charge in [0, 0.05) is 11.6 Å². The molecule has 0 amide bonds. The van der Waals surface area contributed by atoms with Crippen LogP contribution in [-0.2, 0) is 0 Å². The number of rotatable bonds is 0. The van der Waals surface area contributed by atoms with Gasteiger partial charge in [-0.2, -0.15) is 0 Å². The van der Waals surface area contributed by atoms with Crippen molar-refractivity contribution in [3.8, 4) is 0 Å². The molecular formula is C9H6F2O. The Labute approximate surface area is 68.0 Å². The molecule has 1 atom stereocenters. The largest absolute Gasteiger partial charge is 0.384 e. The first kappa shape index (κ1) is 7.43. The van der Waals surface area contributed by atoms with Crippen molar-refractivity contribution in [1.82, 2.24) is 0 Å². The average Bonchev–Trinajstić information content (AvgIpc) is 2.31. The summed E-state index contributed by atoms with van der Waals surface area (Å²) in [5, 5.41) is 9.20. The van der Waals surface area contributed by atoms with Gasteiger partial charge >= 0.3 is 0 Å². The van der Waals surface area contributed by atoms with Crippen LogP contribution in [0, 0.1) is 11.6 Å². The lowest BCUT2D eigenvalue weighted by molar-refractivity contribution is 0.226. The third-order valence-corrected chi connectivity index (χ3v) is 1.88. The Morgan fingerprint density at radius 1 is 1.25 bits per heavy atom. The summed E-state index contributed by atoms with van der Waals surface area (Å²) in [7, 11) is 0. The number of benzene rings is 1. The highest BCUT2D eigenvalue weighted by Gasteiger charge is 2.19. The van der Waals surface area contributed by atoms with E-state index in [9.17, 15) is 13.9 Å². The summed E-state index contributed by atoms with van der Waals surface area (Å²) in [5.41, 5.74) is 0.580. The molecule has 3 heteroatoms. The van der Waals surface area contributed by atoms with E-state index in [1.165, 1.54) is 18.2 Å². The second-order valence-corrected chi connectivity index (χ2v) is 2.69. The molecule has 1 nitrogen and oxygen atoms in total. The van der Waals surface area contributed by atoms with Gasteiger partial charge in [0.15, 0.2) is 0 Å². The molecule has 0 heterocycles. The van der Waals surface area contributed by atoms with Crippen LogP contribution >= 0.6 is 0 Å². The Hall–Kier alpha value is -1.22. The first-order valence-electron chi connectivity index (χ1n) is 3.53. The van der Waals surface area contributed by atoms with E-state index in [4.69, 9.17) is 0 Å². The maximum absolute atomic E-state index is 13.0. The predicted molar refractivity (Wildman–Crippen MR) is 40.4 cm³/mol. The molecule has 0 bridgehead atoms. The SMILES string of the molecule is OC1C=Cc2cc(F)cc(F)c21. The van der Waals surface area contributed by atoms with Crippen LogP contribution in [0.25, 0.3) is 6.08 Å². The van der Waals surface area contributed by atoms with E-state index in [0.29, 0.717) is 5.56 Å². The Bertz CT molecular complexity index is 358. The summed E-state index contributed by atoms with van der Waals surface area (Å²) in [4.78, 5) is 0. The van der Waals surface area contributed by atoms with Crippen LogP contribution in [0.5, 0.6) is 0 Å². The van der Waals surface area contributed by atoms with E-state index < -0.39 is 17.7 Å². The summed E-state index contributed by atoms with van der Waals surface area (Å²) < 4.78 is 25.6. The van der Waals surface area contributed by atoms with Crippen molar-refractivity contribution in [1.29, 1.82) is 0 Å². The summed E-state index contributed by atoms with van der Waals surface area (Å²) in [6, 6.07) is 1.97. The second-order valence-electron chi connectivity index (χ2n) is 2.69. The van der Waals surface area contributed by atoms with E-state index in [1.807, 2.05) is 0 Å². The normalized spacial score (nSPS) is 19.8. The Kier molecular flexibility index (Phi) is 1.48. The van der Waals surface area contributed by atoms with Crippen LogP contribution in [-0.4, -0.2) is 5.11 Å². The molecule has 0 fully saturated rings. The molecule has 0 spiro atoms. The van der Waals surface area contributed by atoms with Crippen molar-refractivity contribution < 1.29 is 13.9 Å². The van der Waals surface area contributed by atoms with Gasteiger partial charge in [-0.15, -0.1) is 0 Å². The molecule has 62 valence electrons. The topological polar surface area (TPSA) is 20.2 Å². The highest BCUT2D eigenvalue weighted by atomic mass is 19.1. The van der Waals surface area contributed by atoms with E-state index in [0.717, 1.165) is 6.07 Å². The minimum atomic E-state index is -0.930. The number of fused-ring (bicyclic) bond motifs is 1. The lowest BCUT2D eigenvalue weighted by Crippen LogP contribution is -1.96. The molecule has 0 aliphatic heterocycles. The van der Waals surface area contributed by atoms with Crippen LogP contribution in [0.1, 0.15) is 17.2 Å². The van der Waals surface area contributed by atoms with Crippen LogP contribution in [0.15, 0.2) is 18.2 Å². The van der Waals surface area contributed by atoms with E-state index in [1.54, 1.807) is 0 Å². The third-order valence-electron chi connectivity index (χ3n) is 1.88. The van der Waals surface area contributed by atoms with Gasteiger partial charge in [-0.25, -0.2) is 8.78 Å². The molecule has 0 radical (unpaired) electrons. The number of aliphatic hydroxyl groups excluding tert-OH is 1. The average molecular weight is 168 g/mol. The Morgan fingerprint density at radius 2 is 2.00 bits per heavy atom. The monoisotopic (exact) mass is 168 g/mol. The minimum absolute atomic E-state index is 0.163. The number of aliphatic hydroxyl groups is 1. The first-order valence-corrected chi connectivity index (χ1v) is 3.53. The van der Waals surface area contributed by atoms with Crippen LogP contribution in [0.4, 0.5) is 8.78 Å². The fourth-order valence-electron chi connectivity index (χ4n) is 1.35. The van der Waals surface area contributed by atoms with Gasteiger partial charge in [0.2, 0.25) is 0 Å². The Morgan fingerprint density at radius 3 is 2.75 bits per heavy atom. The molecule has 1 aromatic carbocycles. The number of halogens is 2. The molecule has 0 saturated heterocycles. The first-order chi connectivity index (χ1) is 5.68. The summed E-state index contributed by atoms with van der Waals surface area (Å²) >= 11 is 0. The maximum atomic E-state index is 13.0. The van der Waals surface area contributed by atoms with E-state index in [2.05, 4.69) is 0 Å². The van der Waals surface area contributed by atoms with Gasteiger partial charge in [-0.1, -0.05) is 12.2 Å². The molecule has 1 N–H and O–H groups in total. The van der Waals surface area contributed by atoms with Crippen molar-refractivity contribution in [2.45, 2.75) is 6.10 Å².